The lowest BCUT2D eigenvalue weighted by atomic mass is 9.75. The molecule has 0 radical (unpaired) electrons. The first-order chi connectivity index (χ1) is 11.4. The summed E-state index contributed by atoms with van der Waals surface area (Å²) in [5.74, 6) is -1.98. The second-order valence-corrected chi connectivity index (χ2v) is 6.17. The van der Waals surface area contributed by atoms with Crippen LogP contribution in [-0.2, 0) is 6.42 Å². The molecule has 4 rings (SSSR count). The van der Waals surface area contributed by atoms with Crippen LogP contribution in [-0.4, -0.2) is 27.0 Å². The number of hydrogen-bond donors (Lipinski definition) is 2. The fraction of sp³-hybridized carbons (Fsp3) is 0.375. The van der Waals surface area contributed by atoms with Crippen molar-refractivity contribution in [1.82, 2.24) is 9.78 Å². The van der Waals surface area contributed by atoms with Crippen LogP contribution in [0, 0.1) is 5.92 Å². The third-order valence-corrected chi connectivity index (χ3v) is 4.83. The summed E-state index contributed by atoms with van der Waals surface area (Å²) in [7, 11) is 0. The maximum atomic E-state index is 13.7. The minimum absolute atomic E-state index is 0.0904. The lowest BCUT2D eigenvalue weighted by Crippen LogP contribution is -2.45. The highest BCUT2D eigenvalue weighted by atomic mass is 19.4. The molecule has 1 aliphatic heterocycles. The van der Waals surface area contributed by atoms with Crippen LogP contribution in [0.1, 0.15) is 40.1 Å². The van der Waals surface area contributed by atoms with Crippen molar-refractivity contribution in [3.63, 3.8) is 0 Å². The van der Waals surface area contributed by atoms with Crippen molar-refractivity contribution in [2.75, 3.05) is 5.32 Å². The highest BCUT2D eigenvalue weighted by Gasteiger charge is 2.53. The van der Waals surface area contributed by atoms with Crippen LogP contribution in [0.2, 0.25) is 0 Å². The van der Waals surface area contributed by atoms with Crippen LogP contribution in [0.25, 0.3) is 0 Å². The number of hydrogen-bond acceptors (Lipinski definition) is 3. The number of rotatable bonds is 1. The largest absolute Gasteiger partial charge is 0.476 e. The summed E-state index contributed by atoms with van der Waals surface area (Å²) in [5, 5.41) is 15.8. The summed E-state index contributed by atoms with van der Waals surface area (Å²) >= 11 is 0. The maximum Gasteiger partial charge on any atom is 0.411 e. The number of fused-ring (bicyclic) bond motifs is 4. The topological polar surface area (TPSA) is 67.1 Å². The number of halogens is 3. The highest BCUT2D eigenvalue weighted by molar-refractivity contribution is 5.86. The molecule has 3 atom stereocenters. The summed E-state index contributed by atoms with van der Waals surface area (Å²) in [6, 6.07) is 6.25. The molecule has 2 aromatic rings. The van der Waals surface area contributed by atoms with Gasteiger partial charge in [-0.3, -0.25) is 0 Å². The van der Waals surface area contributed by atoms with E-state index in [0.29, 0.717) is 12.8 Å². The van der Waals surface area contributed by atoms with Gasteiger partial charge in [-0.1, -0.05) is 24.3 Å². The lowest BCUT2D eigenvalue weighted by Gasteiger charge is -2.43. The van der Waals surface area contributed by atoms with Crippen molar-refractivity contribution in [2.24, 2.45) is 5.92 Å². The smallest absolute Gasteiger partial charge is 0.411 e. The molecule has 0 fully saturated rings. The second kappa shape index (κ2) is 4.99. The number of carboxylic acid groups (broad SMARTS) is 1. The van der Waals surface area contributed by atoms with E-state index in [4.69, 9.17) is 5.11 Å². The molecule has 8 heteroatoms. The maximum absolute atomic E-state index is 13.7. The van der Waals surface area contributed by atoms with Crippen molar-refractivity contribution < 1.29 is 23.1 Å². The average molecular weight is 337 g/mol. The number of aryl methyl sites for hydroxylation is 1. The zero-order valence-corrected chi connectivity index (χ0v) is 12.4. The second-order valence-electron chi connectivity index (χ2n) is 6.17. The van der Waals surface area contributed by atoms with Gasteiger partial charge in [0.25, 0.3) is 0 Å². The van der Waals surface area contributed by atoms with E-state index in [1.54, 1.807) is 6.07 Å². The first-order valence-electron chi connectivity index (χ1n) is 7.60. The fourth-order valence-electron chi connectivity index (χ4n) is 3.85. The van der Waals surface area contributed by atoms with Gasteiger partial charge in [-0.25, -0.2) is 9.48 Å². The van der Waals surface area contributed by atoms with Gasteiger partial charge in [0.1, 0.15) is 5.82 Å². The van der Waals surface area contributed by atoms with Crippen molar-refractivity contribution in [3.8, 4) is 0 Å². The van der Waals surface area contributed by atoms with Crippen molar-refractivity contribution in [3.05, 3.63) is 47.2 Å². The quantitative estimate of drug-likeness (QED) is 0.837. The molecule has 2 aliphatic rings. The van der Waals surface area contributed by atoms with Gasteiger partial charge in [-0.05, 0) is 24.0 Å². The third kappa shape index (κ3) is 2.16. The van der Waals surface area contributed by atoms with Gasteiger partial charge in [-0.2, -0.15) is 18.3 Å². The molecule has 2 heterocycles. The van der Waals surface area contributed by atoms with E-state index in [-0.39, 0.29) is 5.82 Å². The fourth-order valence-corrected chi connectivity index (χ4v) is 3.85. The van der Waals surface area contributed by atoms with Gasteiger partial charge >= 0.3 is 12.1 Å². The monoisotopic (exact) mass is 337 g/mol. The van der Waals surface area contributed by atoms with Crippen molar-refractivity contribution in [1.29, 1.82) is 0 Å². The number of aromatic nitrogens is 2. The van der Waals surface area contributed by atoms with E-state index in [0.717, 1.165) is 21.9 Å². The van der Waals surface area contributed by atoms with E-state index in [9.17, 15) is 18.0 Å². The summed E-state index contributed by atoms with van der Waals surface area (Å²) < 4.78 is 42.0. The molecule has 1 aromatic heterocycles. The van der Waals surface area contributed by atoms with E-state index in [2.05, 4.69) is 10.4 Å². The Hall–Kier alpha value is -2.51. The molecule has 5 nitrogen and oxygen atoms in total. The third-order valence-electron chi connectivity index (χ3n) is 4.83. The van der Waals surface area contributed by atoms with Gasteiger partial charge < -0.3 is 10.4 Å². The minimum Gasteiger partial charge on any atom is -0.476 e. The summed E-state index contributed by atoms with van der Waals surface area (Å²) in [6.45, 7) is 0. The number of carboxylic acids is 1. The number of nitrogens with one attached hydrogen (secondary N) is 1. The Labute approximate surface area is 135 Å². The SMILES string of the molecule is O=C(O)c1cc2n(n1)[C@H](C(F)(F)F)[C@@H]1CCc3ccccc3[C@H]1N2. The Morgan fingerprint density at radius 2 is 2.08 bits per heavy atom. The van der Waals surface area contributed by atoms with Crippen molar-refractivity contribution >= 4 is 11.8 Å². The van der Waals surface area contributed by atoms with Crippen LogP contribution in [0.3, 0.4) is 0 Å². The molecule has 0 bridgehead atoms. The van der Waals surface area contributed by atoms with Crippen LogP contribution in [0.5, 0.6) is 0 Å². The molecule has 24 heavy (non-hydrogen) atoms. The van der Waals surface area contributed by atoms with Gasteiger partial charge in [0.05, 0.1) is 6.04 Å². The van der Waals surface area contributed by atoms with E-state index in [1.807, 2.05) is 18.2 Å². The highest BCUT2D eigenvalue weighted by Crippen LogP contribution is 2.51. The van der Waals surface area contributed by atoms with Gasteiger partial charge in [0.2, 0.25) is 0 Å². The van der Waals surface area contributed by atoms with Gasteiger partial charge in [-0.15, -0.1) is 0 Å². The standard InChI is InChI=1S/C16H14F3N3O2/c17-16(18,19)14-10-6-5-8-3-1-2-4-9(8)13(10)20-12-7-11(15(23)24)21-22(12)14/h1-4,7,10,13-14,20H,5-6H2,(H,23,24)/t10-,13-,14+/m1/s1. The molecule has 0 saturated carbocycles. The van der Waals surface area contributed by atoms with Crippen LogP contribution in [0.15, 0.2) is 30.3 Å². The molecule has 0 spiro atoms. The first-order valence-corrected chi connectivity index (χ1v) is 7.60. The summed E-state index contributed by atoms with van der Waals surface area (Å²) in [5.41, 5.74) is 1.48. The predicted octanol–water partition coefficient (Wildman–Crippen LogP) is 3.41. The number of benzene rings is 1. The zero-order valence-electron chi connectivity index (χ0n) is 12.4. The number of nitrogens with zero attached hydrogens (tertiary/aromatic N) is 2. The molecular weight excluding hydrogens is 323 g/mol. The van der Waals surface area contributed by atoms with Crippen molar-refractivity contribution in [2.45, 2.75) is 31.1 Å². The van der Waals surface area contributed by atoms with E-state index >= 15 is 0 Å². The van der Waals surface area contributed by atoms with E-state index < -0.39 is 35.8 Å². The molecule has 0 amide bonds. The Bertz CT molecular complexity index is 815. The molecule has 0 saturated heterocycles. The summed E-state index contributed by atoms with van der Waals surface area (Å²) in [4.78, 5) is 11.1. The normalized spacial score (nSPS) is 25.2. The van der Waals surface area contributed by atoms with E-state index in [1.165, 1.54) is 0 Å². The van der Waals surface area contributed by atoms with Crippen LogP contribution < -0.4 is 5.32 Å². The molecule has 2 N–H and O–H groups in total. The molecular formula is C16H14F3N3O2. The average Bonchev–Trinajstić information content (AvgIpc) is 2.95. The lowest BCUT2D eigenvalue weighted by molar-refractivity contribution is -0.188. The predicted molar refractivity (Wildman–Crippen MR) is 78.9 cm³/mol. The molecule has 126 valence electrons. The van der Waals surface area contributed by atoms with Crippen LogP contribution >= 0.6 is 0 Å². The molecule has 0 unspecified atom stereocenters. The number of alkyl halides is 3. The Morgan fingerprint density at radius 3 is 2.79 bits per heavy atom. The number of carbonyl (C=O) groups is 1. The summed E-state index contributed by atoms with van der Waals surface area (Å²) in [6.07, 6.45) is -3.58. The zero-order chi connectivity index (χ0) is 17.1. The van der Waals surface area contributed by atoms with Gasteiger partial charge in [0.15, 0.2) is 11.7 Å². The van der Waals surface area contributed by atoms with Gasteiger partial charge in [0, 0.05) is 12.0 Å². The Kier molecular flexibility index (Phi) is 3.13. The molecule has 1 aliphatic carbocycles. The molecule has 1 aromatic carbocycles. The first kappa shape index (κ1) is 15.0. The number of aromatic carboxylic acids is 1. The Balaban J connectivity index is 1.87. The minimum atomic E-state index is -4.51. The number of anilines is 1. The van der Waals surface area contributed by atoms with Crippen LogP contribution in [0.4, 0.5) is 19.0 Å². The Morgan fingerprint density at radius 1 is 1.33 bits per heavy atom.